The third-order valence-corrected chi connectivity index (χ3v) is 6.32. The van der Waals surface area contributed by atoms with Gasteiger partial charge in [-0.2, -0.15) is 4.72 Å². The summed E-state index contributed by atoms with van der Waals surface area (Å²) >= 11 is 5.88. The van der Waals surface area contributed by atoms with Crippen LogP contribution < -0.4 is 15.8 Å². The topological polar surface area (TPSA) is 122 Å². The summed E-state index contributed by atoms with van der Waals surface area (Å²) in [5, 5.41) is 3.23. The highest BCUT2D eigenvalue weighted by Crippen LogP contribution is 2.17. The number of carbonyl (C=O) groups is 2. The molecule has 0 aliphatic carbocycles. The lowest BCUT2D eigenvalue weighted by Gasteiger charge is -2.32. The van der Waals surface area contributed by atoms with Crippen LogP contribution in [0.25, 0.3) is 0 Å². The highest BCUT2D eigenvalue weighted by Gasteiger charge is 2.30. The Balaban J connectivity index is 2.00. The van der Waals surface area contributed by atoms with Crippen LogP contribution in [-0.4, -0.2) is 56.9 Å². The maximum Gasteiger partial charge on any atom is 0.241 e. The van der Waals surface area contributed by atoms with Gasteiger partial charge in [0.1, 0.15) is 6.04 Å². The molecule has 1 heterocycles. The maximum absolute atomic E-state index is 12.7. The van der Waals surface area contributed by atoms with Crippen LogP contribution in [0.2, 0.25) is 5.02 Å². The van der Waals surface area contributed by atoms with Gasteiger partial charge >= 0.3 is 0 Å². The minimum atomic E-state index is -3.89. The van der Waals surface area contributed by atoms with Crippen molar-refractivity contribution in [3.63, 3.8) is 0 Å². The van der Waals surface area contributed by atoms with Crippen LogP contribution in [0.4, 0.5) is 0 Å². The molecule has 1 saturated heterocycles. The molecule has 4 N–H and O–H groups in total. The number of benzene rings is 1. The second-order valence-corrected chi connectivity index (χ2v) is 9.48. The molecule has 2 rings (SSSR count). The smallest absolute Gasteiger partial charge is 0.241 e. The van der Waals surface area contributed by atoms with Crippen molar-refractivity contribution in [1.29, 1.82) is 0 Å². The Morgan fingerprint density at radius 3 is 2.46 bits per heavy atom. The van der Waals surface area contributed by atoms with Crippen molar-refractivity contribution in [3.05, 3.63) is 29.3 Å². The van der Waals surface area contributed by atoms with Crippen LogP contribution in [0.3, 0.4) is 0 Å². The summed E-state index contributed by atoms with van der Waals surface area (Å²) < 4.78 is 27.8. The SMILES string of the molecule is CC(C)[C@@H](NS(=O)(=O)c1cccc(Cl)c1)C(=O)NC1CCN(CC(N)=O)CC1. The van der Waals surface area contributed by atoms with Gasteiger partial charge in [0.2, 0.25) is 21.8 Å². The van der Waals surface area contributed by atoms with Crippen molar-refractivity contribution >= 4 is 33.4 Å². The third kappa shape index (κ3) is 6.44. The first-order valence-electron chi connectivity index (χ1n) is 9.17. The summed E-state index contributed by atoms with van der Waals surface area (Å²) in [6.07, 6.45) is 1.34. The Bertz CT molecular complexity index is 808. The van der Waals surface area contributed by atoms with Gasteiger partial charge in [0.05, 0.1) is 11.4 Å². The summed E-state index contributed by atoms with van der Waals surface area (Å²) in [6, 6.07) is 4.91. The van der Waals surface area contributed by atoms with Gasteiger partial charge in [0, 0.05) is 24.2 Å². The largest absolute Gasteiger partial charge is 0.369 e. The fraction of sp³-hybridized carbons (Fsp3) is 0.556. The molecule has 0 aromatic heterocycles. The third-order valence-electron chi connectivity index (χ3n) is 4.65. The molecule has 0 spiro atoms. The second kappa shape index (κ2) is 9.69. The van der Waals surface area contributed by atoms with Crippen molar-refractivity contribution in [2.75, 3.05) is 19.6 Å². The lowest BCUT2D eigenvalue weighted by molar-refractivity contribution is -0.125. The number of amides is 2. The van der Waals surface area contributed by atoms with E-state index < -0.39 is 16.1 Å². The molecule has 1 fully saturated rings. The van der Waals surface area contributed by atoms with Gasteiger partial charge in [0.15, 0.2) is 0 Å². The molecule has 0 radical (unpaired) electrons. The van der Waals surface area contributed by atoms with E-state index in [1.54, 1.807) is 26.0 Å². The molecule has 1 aliphatic rings. The molecule has 28 heavy (non-hydrogen) atoms. The Hall–Kier alpha value is -1.68. The van der Waals surface area contributed by atoms with E-state index in [-0.39, 0.29) is 35.2 Å². The quantitative estimate of drug-likeness (QED) is 0.560. The predicted molar refractivity (Wildman–Crippen MR) is 107 cm³/mol. The summed E-state index contributed by atoms with van der Waals surface area (Å²) in [4.78, 5) is 25.7. The van der Waals surface area contributed by atoms with Gasteiger partial charge in [-0.15, -0.1) is 0 Å². The Kier molecular flexibility index (Phi) is 7.82. The van der Waals surface area contributed by atoms with Gasteiger partial charge in [-0.05, 0) is 37.0 Å². The first-order valence-corrected chi connectivity index (χ1v) is 11.0. The van der Waals surface area contributed by atoms with E-state index in [1.807, 2.05) is 4.90 Å². The Labute approximate surface area is 170 Å². The monoisotopic (exact) mass is 430 g/mol. The van der Waals surface area contributed by atoms with E-state index >= 15 is 0 Å². The number of nitrogens with one attached hydrogen (secondary N) is 2. The number of nitrogens with two attached hydrogens (primary N) is 1. The number of rotatable bonds is 8. The standard InChI is InChI=1S/C18H27ClN4O4S/c1-12(2)17(22-28(26,27)15-5-3-4-13(19)10-15)18(25)21-14-6-8-23(9-7-14)11-16(20)24/h3-5,10,12,14,17,22H,6-9,11H2,1-2H3,(H2,20,24)(H,21,25)/t17-/m1/s1. The van der Waals surface area contributed by atoms with Gasteiger partial charge in [-0.25, -0.2) is 8.42 Å². The van der Waals surface area contributed by atoms with Gasteiger partial charge < -0.3 is 11.1 Å². The van der Waals surface area contributed by atoms with Gasteiger partial charge in [-0.3, -0.25) is 14.5 Å². The van der Waals surface area contributed by atoms with Crippen LogP contribution in [-0.2, 0) is 19.6 Å². The van der Waals surface area contributed by atoms with Crippen LogP contribution in [0.5, 0.6) is 0 Å². The number of hydrogen-bond donors (Lipinski definition) is 3. The molecule has 0 bridgehead atoms. The number of halogens is 1. The van der Waals surface area contributed by atoms with Gasteiger partial charge in [0.25, 0.3) is 0 Å². The average molecular weight is 431 g/mol. The zero-order valence-corrected chi connectivity index (χ0v) is 17.6. The maximum atomic E-state index is 12.7. The molecule has 0 unspecified atom stereocenters. The molecule has 2 amide bonds. The van der Waals surface area contributed by atoms with Crippen LogP contribution >= 0.6 is 11.6 Å². The van der Waals surface area contributed by atoms with E-state index in [2.05, 4.69) is 10.0 Å². The van der Waals surface area contributed by atoms with Crippen molar-refractivity contribution < 1.29 is 18.0 Å². The highest BCUT2D eigenvalue weighted by molar-refractivity contribution is 7.89. The summed E-state index contributed by atoms with van der Waals surface area (Å²) in [5.41, 5.74) is 5.20. The Morgan fingerprint density at radius 1 is 1.29 bits per heavy atom. The van der Waals surface area contributed by atoms with E-state index in [9.17, 15) is 18.0 Å². The van der Waals surface area contributed by atoms with E-state index in [4.69, 9.17) is 17.3 Å². The van der Waals surface area contributed by atoms with E-state index in [0.717, 1.165) is 0 Å². The van der Waals surface area contributed by atoms with Crippen molar-refractivity contribution in [1.82, 2.24) is 14.9 Å². The number of primary amides is 1. The van der Waals surface area contributed by atoms with Crippen LogP contribution in [0.1, 0.15) is 26.7 Å². The molecule has 10 heteroatoms. The summed E-state index contributed by atoms with van der Waals surface area (Å²) in [7, 11) is -3.89. The molecule has 1 atom stereocenters. The van der Waals surface area contributed by atoms with Crippen molar-refractivity contribution in [3.8, 4) is 0 Å². The molecular formula is C18H27ClN4O4S. The zero-order valence-electron chi connectivity index (χ0n) is 16.0. The minimum Gasteiger partial charge on any atom is -0.369 e. The number of carbonyl (C=O) groups excluding carboxylic acids is 2. The average Bonchev–Trinajstić information content (AvgIpc) is 2.60. The molecule has 1 aromatic rings. The normalized spacial score (nSPS) is 17.4. The minimum absolute atomic E-state index is 0.0122. The molecule has 1 aliphatic heterocycles. The van der Waals surface area contributed by atoms with Crippen molar-refractivity contribution in [2.24, 2.45) is 11.7 Å². The van der Waals surface area contributed by atoms with Crippen molar-refractivity contribution in [2.45, 2.75) is 43.7 Å². The fourth-order valence-electron chi connectivity index (χ4n) is 3.11. The molecular weight excluding hydrogens is 404 g/mol. The molecule has 156 valence electrons. The van der Waals surface area contributed by atoms with Crippen LogP contribution in [0.15, 0.2) is 29.2 Å². The molecule has 1 aromatic carbocycles. The Morgan fingerprint density at radius 2 is 1.93 bits per heavy atom. The van der Waals surface area contributed by atoms with E-state index in [0.29, 0.717) is 31.0 Å². The fourth-order valence-corrected chi connectivity index (χ4v) is 4.75. The summed E-state index contributed by atoms with van der Waals surface area (Å²) in [5.74, 6) is -0.990. The number of hydrogen-bond acceptors (Lipinski definition) is 5. The lowest BCUT2D eigenvalue weighted by Crippen LogP contribution is -2.54. The number of likely N-dealkylation sites (tertiary alicyclic amines) is 1. The lowest BCUT2D eigenvalue weighted by atomic mass is 10.0. The predicted octanol–water partition coefficient (Wildman–Crippen LogP) is 0.709. The molecule has 8 nitrogen and oxygen atoms in total. The highest BCUT2D eigenvalue weighted by atomic mass is 35.5. The number of piperidine rings is 1. The van der Waals surface area contributed by atoms with E-state index in [1.165, 1.54) is 12.1 Å². The zero-order chi connectivity index (χ0) is 20.9. The molecule has 0 saturated carbocycles. The number of sulfonamides is 1. The van der Waals surface area contributed by atoms with Crippen LogP contribution in [0, 0.1) is 5.92 Å². The number of nitrogens with zero attached hydrogens (tertiary/aromatic N) is 1. The summed E-state index contributed by atoms with van der Waals surface area (Å²) in [6.45, 7) is 5.05. The van der Waals surface area contributed by atoms with Gasteiger partial charge in [-0.1, -0.05) is 31.5 Å². The first-order chi connectivity index (χ1) is 13.1. The second-order valence-electron chi connectivity index (χ2n) is 7.33. The first kappa shape index (κ1) is 22.6.